The number of hydrogen-bond donors (Lipinski definition) is 0. The number of anilines is 1. The summed E-state index contributed by atoms with van der Waals surface area (Å²) in [6, 6.07) is 16.8. The van der Waals surface area contributed by atoms with Crippen LogP contribution in [0.1, 0.15) is 12.8 Å². The van der Waals surface area contributed by atoms with Gasteiger partial charge in [-0.2, -0.15) is 5.10 Å². The molecule has 4 bridgehead atoms. The third-order valence-electron chi connectivity index (χ3n) is 9.09. The maximum absolute atomic E-state index is 14.8. The minimum atomic E-state index is -0.772. The van der Waals surface area contributed by atoms with Crippen LogP contribution in [0.4, 0.5) is 14.6 Å². The highest BCUT2D eigenvalue weighted by Crippen LogP contribution is 2.35. The molecule has 8 rings (SSSR count). The van der Waals surface area contributed by atoms with Crippen molar-refractivity contribution < 1.29 is 23.0 Å². The average Bonchev–Trinajstić information content (AvgIpc) is 3.83. The zero-order valence-corrected chi connectivity index (χ0v) is 26.2. The molecule has 1 saturated heterocycles. The summed E-state index contributed by atoms with van der Waals surface area (Å²) >= 11 is 0. The van der Waals surface area contributed by atoms with Crippen LogP contribution in [0.15, 0.2) is 79.5 Å². The summed E-state index contributed by atoms with van der Waals surface area (Å²) in [6.45, 7) is 2.35. The lowest BCUT2D eigenvalue weighted by Crippen LogP contribution is -2.47. The Morgan fingerprint density at radius 1 is 1.02 bits per heavy atom. The van der Waals surface area contributed by atoms with E-state index in [4.69, 9.17) is 9.47 Å². The van der Waals surface area contributed by atoms with Gasteiger partial charge in [0, 0.05) is 44.8 Å². The number of para-hydroxylation sites is 1. The fourth-order valence-electron chi connectivity index (χ4n) is 6.88. The molecule has 2 atom stereocenters. The number of amides is 1. The number of benzene rings is 3. The maximum Gasteiger partial charge on any atom is 0.245 e. The van der Waals surface area contributed by atoms with E-state index in [0.717, 1.165) is 28.2 Å². The number of carbonyl (C=O) groups excluding carboxylic acids is 1. The molecule has 11 nitrogen and oxygen atoms in total. The number of rotatable bonds is 5. The second-order valence-electron chi connectivity index (χ2n) is 12.0. The van der Waals surface area contributed by atoms with E-state index < -0.39 is 17.7 Å². The Bertz CT molecular complexity index is 2150. The predicted octanol–water partition coefficient (Wildman–Crippen LogP) is 5.02. The molecule has 1 fully saturated rings. The lowest BCUT2D eigenvalue weighted by atomic mass is 10.0. The topological polar surface area (TPSA) is 103 Å². The van der Waals surface area contributed by atoms with Gasteiger partial charge in [-0.15, -0.1) is 0 Å². The zero-order chi connectivity index (χ0) is 32.8. The van der Waals surface area contributed by atoms with Gasteiger partial charge in [0.05, 0.1) is 42.1 Å². The third kappa shape index (κ3) is 5.29. The van der Waals surface area contributed by atoms with Crippen LogP contribution in [-0.4, -0.2) is 85.6 Å². The SMILES string of the molecule is COCCN1CCCn2cnc3cccc(c32)-c2cccc(c2)O[C@H]2C[C@@H](C1=O)N(c1ncnc3c1cnn3-c1ccc(F)cc1F)C2. The standard InChI is InChI=1S/C35H32F2N8O3/c1-47-14-13-42-11-4-12-43-21-40-29-8-3-7-26(32(29)43)22-5-2-6-24(15-22)48-25-17-31(35(42)46)44(19-25)33-27-18-41-45(34(27)39-20-38-33)30-10-9-23(36)16-28(30)37/h2-3,5-10,15-16,18,20-21,25,31H,4,11-14,17,19H2,1H3/t25-,31-/m0/s1. The molecule has 0 radical (unpaired) electrons. The number of fused-ring (bicyclic) bond motifs is 6. The first-order valence-corrected chi connectivity index (χ1v) is 15.9. The molecule has 0 unspecified atom stereocenters. The highest BCUT2D eigenvalue weighted by Gasteiger charge is 2.41. The van der Waals surface area contributed by atoms with E-state index in [9.17, 15) is 13.6 Å². The number of aromatic nitrogens is 6. The van der Waals surface area contributed by atoms with Gasteiger partial charge in [-0.25, -0.2) is 28.4 Å². The number of nitrogens with zero attached hydrogens (tertiary/aromatic N) is 8. The number of carbonyl (C=O) groups is 1. The third-order valence-corrected chi connectivity index (χ3v) is 9.09. The summed E-state index contributed by atoms with van der Waals surface area (Å²) in [7, 11) is 1.62. The maximum atomic E-state index is 14.8. The van der Waals surface area contributed by atoms with Crippen LogP contribution in [0.2, 0.25) is 0 Å². The zero-order valence-electron chi connectivity index (χ0n) is 26.2. The van der Waals surface area contributed by atoms with Crippen molar-refractivity contribution in [2.45, 2.75) is 31.5 Å². The Hall–Kier alpha value is -5.43. The summed E-state index contributed by atoms with van der Waals surface area (Å²) in [5.74, 6) is -0.362. The van der Waals surface area contributed by atoms with Crippen LogP contribution in [0.3, 0.4) is 0 Å². The monoisotopic (exact) mass is 650 g/mol. The minimum Gasteiger partial charge on any atom is -0.488 e. The summed E-state index contributed by atoms with van der Waals surface area (Å²) in [5.41, 5.74) is 4.40. The van der Waals surface area contributed by atoms with Crippen molar-refractivity contribution in [3.8, 4) is 22.6 Å². The first kappa shape index (κ1) is 29.9. The largest absolute Gasteiger partial charge is 0.488 e. The number of methoxy groups -OCH3 is 1. The molecule has 2 aliphatic rings. The molecular weight excluding hydrogens is 618 g/mol. The second kappa shape index (κ2) is 12.3. The molecular formula is C35H32F2N8O3. The first-order valence-electron chi connectivity index (χ1n) is 15.9. The second-order valence-corrected chi connectivity index (χ2v) is 12.0. The Morgan fingerprint density at radius 3 is 2.79 bits per heavy atom. The molecule has 6 aromatic rings. The Balaban J connectivity index is 1.21. The molecule has 0 N–H and O–H groups in total. The molecule has 0 saturated carbocycles. The number of hydrogen-bond acceptors (Lipinski definition) is 8. The summed E-state index contributed by atoms with van der Waals surface area (Å²) in [6.07, 6.45) is 5.54. The molecule has 5 heterocycles. The van der Waals surface area contributed by atoms with Gasteiger partial charge in [-0.3, -0.25) is 4.79 Å². The number of aryl methyl sites for hydroxylation is 1. The van der Waals surface area contributed by atoms with E-state index in [0.29, 0.717) is 68.2 Å². The van der Waals surface area contributed by atoms with Crippen molar-refractivity contribution in [2.24, 2.45) is 0 Å². The van der Waals surface area contributed by atoms with Crippen molar-refractivity contribution in [2.75, 3.05) is 38.3 Å². The van der Waals surface area contributed by atoms with Gasteiger partial charge in [-0.05, 0) is 42.3 Å². The Kier molecular flexibility index (Phi) is 7.67. The van der Waals surface area contributed by atoms with Crippen molar-refractivity contribution in [3.63, 3.8) is 0 Å². The smallest absolute Gasteiger partial charge is 0.245 e. The van der Waals surface area contributed by atoms with Crippen molar-refractivity contribution in [3.05, 3.63) is 91.1 Å². The van der Waals surface area contributed by atoms with E-state index in [1.807, 2.05) is 46.5 Å². The molecule has 244 valence electrons. The molecule has 3 aromatic carbocycles. The molecule has 13 heteroatoms. The predicted molar refractivity (Wildman–Crippen MR) is 175 cm³/mol. The van der Waals surface area contributed by atoms with Gasteiger partial charge in [0.2, 0.25) is 5.91 Å². The fraction of sp³-hybridized carbons (Fsp3) is 0.286. The molecule has 0 spiro atoms. The Morgan fingerprint density at radius 2 is 1.92 bits per heavy atom. The van der Waals surface area contributed by atoms with Gasteiger partial charge < -0.3 is 23.8 Å². The van der Waals surface area contributed by atoms with Crippen LogP contribution in [0.5, 0.6) is 5.75 Å². The van der Waals surface area contributed by atoms with E-state index >= 15 is 0 Å². The molecule has 3 aromatic heterocycles. The summed E-state index contributed by atoms with van der Waals surface area (Å²) in [5, 5.41) is 4.92. The normalized spacial score (nSPS) is 18.3. The average molecular weight is 651 g/mol. The highest BCUT2D eigenvalue weighted by atomic mass is 19.1. The molecule has 48 heavy (non-hydrogen) atoms. The van der Waals surface area contributed by atoms with Gasteiger partial charge in [0.15, 0.2) is 11.5 Å². The van der Waals surface area contributed by atoms with Crippen molar-refractivity contribution in [1.29, 1.82) is 0 Å². The van der Waals surface area contributed by atoms with Crippen LogP contribution < -0.4 is 9.64 Å². The molecule has 1 amide bonds. The lowest BCUT2D eigenvalue weighted by molar-refractivity contribution is -0.133. The van der Waals surface area contributed by atoms with Crippen LogP contribution in [0, 0.1) is 11.6 Å². The van der Waals surface area contributed by atoms with Crippen molar-refractivity contribution in [1.82, 2.24) is 34.2 Å². The fourth-order valence-corrected chi connectivity index (χ4v) is 6.88. The minimum absolute atomic E-state index is 0.0510. The van der Waals surface area contributed by atoms with Crippen molar-refractivity contribution >= 4 is 33.8 Å². The Labute approximate surface area is 274 Å². The van der Waals surface area contributed by atoms with Gasteiger partial charge in [0.25, 0.3) is 0 Å². The van der Waals surface area contributed by atoms with Gasteiger partial charge >= 0.3 is 0 Å². The number of halogens is 2. The molecule has 0 aliphatic carbocycles. The van der Waals surface area contributed by atoms with Crippen LogP contribution >= 0.6 is 0 Å². The quantitative estimate of drug-likeness (QED) is 0.257. The van der Waals surface area contributed by atoms with E-state index in [1.165, 1.54) is 23.1 Å². The van der Waals surface area contributed by atoms with E-state index in [2.05, 4.69) is 36.8 Å². The highest BCUT2D eigenvalue weighted by molar-refractivity contribution is 5.94. The first-order chi connectivity index (χ1) is 23.5. The molecule has 2 aliphatic heterocycles. The van der Waals surface area contributed by atoms with E-state index in [-0.39, 0.29) is 17.7 Å². The van der Waals surface area contributed by atoms with Gasteiger partial charge in [0.1, 0.15) is 41.5 Å². The summed E-state index contributed by atoms with van der Waals surface area (Å²) in [4.78, 5) is 31.9. The van der Waals surface area contributed by atoms with Gasteiger partial charge in [-0.1, -0.05) is 24.3 Å². The van der Waals surface area contributed by atoms with Crippen LogP contribution in [-0.2, 0) is 16.1 Å². The summed E-state index contributed by atoms with van der Waals surface area (Å²) < 4.78 is 44.0. The van der Waals surface area contributed by atoms with Crippen LogP contribution in [0.25, 0.3) is 38.9 Å². The van der Waals surface area contributed by atoms with E-state index in [1.54, 1.807) is 13.3 Å². The lowest BCUT2D eigenvalue weighted by Gasteiger charge is -2.31. The number of imidazole rings is 1. The number of ether oxygens (including phenoxy) is 2.